The van der Waals surface area contributed by atoms with Gasteiger partial charge in [0, 0.05) is 6.42 Å². The van der Waals surface area contributed by atoms with Crippen molar-refractivity contribution in [3.63, 3.8) is 0 Å². The summed E-state index contributed by atoms with van der Waals surface area (Å²) in [6, 6.07) is -1.62. The van der Waals surface area contributed by atoms with E-state index in [1.807, 2.05) is 0 Å². The van der Waals surface area contributed by atoms with Crippen molar-refractivity contribution in [3.8, 4) is 0 Å². The molecule has 0 aromatic carbocycles. The van der Waals surface area contributed by atoms with E-state index in [9.17, 15) is 14.4 Å². The minimum absolute atomic E-state index is 0.0244. The van der Waals surface area contributed by atoms with E-state index in [1.165, 1.54) is 6.92 Å². The van der Waals surface area contributed by atoms with Gasteiger partial charge in [0.05, 0.1) is 19.3 Å². The largest absolute Gasteiger partial charge is 0.466 e. The lowest BCUT2D eigenvalue weighted by molar-refractivity contribution is -0.148. The Hall–Kier alpha value is -1.63. The zero-order chi connectivity index (χ0) is 14.8. The van der Waals surface area contributed by atoms with E-state index in [-0.39, 0.29) is 26.1 Å². The fraction of sp³-hybridized carbons (Fsp3) is 0.750. The zero-order valence-electron chi connectivity index (χ0n) is 11.6. The van der Waals surface area contributed by atoms with Gasteiger partial charge in [-0.15, -0.1) is 0 Å². The number of carbonyl (C=O) groups is 3. The Morgan fingerprint density at radius 2 is 1.74 bits per heavy atom. The minimum atomic E-state index is -0.886. The number of hydrogen-bond donors (Lipinski definition) is 2. The van der Waals surface area contributed by atoms with Crippen LogP contribution < -0.4 is 11.1 Å². The molecule has 0 spiro atoms. The van der Waals surface area contributed by atoms with Crippen LogP contribution in [0.5, 0.6) is 0 Å². The van der Waals surface area contributed by atoms with Crippen molar-refractivity contribution in [2.75, 3.05) is 13.2 Å². The highest BCUT2D eigenvalue weighted by Crippen LogP contribution is 2.03. The van der Waals surface area contributed by atoms with Crippen LogP contribution in [0.3, 0.4) is 0 Å². The molecule has 3 N–H and O–H groups in total. The van der Waals surface area contributed by atoms with E-state index in [0.717, 1.165) is 0 Å². The summed E-state index contributed by atoms with van der Waals surface area (Å²) in [7, 11) is 0. The first-order valence-corrected chi connectivity index (χ1v) is 6.30. The number of esters is 2. The summed E-state index contributed by atoms with van der Waals surface area (Å²) in [6.07, 6.45) is 0.146. The summed E-state index contributed by atoms with van der Waals surface area (Å²) in [6.45, 7) is 5.33. The van der Waals surface area contributed by atoms with Crippen LogP contribution in [0.15, 0.2) is 0 Å². The summed E-state index contributed by atoms with van der Waals surface area (Å²) >= 11 is 0. The van der Waals surface area contributed by atoms with Gasteiger partial charge in [-0.2, -0.15) is 0 Å². The second-order valence-electron chi connectivity index (χ2n) is 3.95. The van der Waals surface area contributed by atoms with Gasteiger partial charge in [-0.05, 0) is 27.2 Å². The van der Waals surface area contributed by atoms with E-state index in [4.69, 9.17) is 15.2 Å². The van der Waals surface area contributed by atoms with Crippen LogP contribution >= 0.6 is 0 Å². The number of rotatable bonds is 8. The van der Waals surface area contributed by atoms with Gasteiger partial charge in [0.15, 0.2) is 0 Å². The summed E-state index contributed by atoms with van der Waals surface area (Å²) in [4.78, 5) is 34.4. The maximum Gasteiger partial charge on any atom is 0.328 e. The Labute approximate surface area is 112 Å². The molecule has 0 aliphatic carbocycles. The number of ether oxygens (including phenoxy) is 2. The first-order chi connectivity index (χ1) is 8.92. The van der Waals surface area contributed by atoms with E-state index in [2.05, 4.69) is 5.32 Å². The summed E-state index contributed by atoms with van der Waals surface area (Å²) in [5.74, 6) is -1.48. The van der Waals surface area contributed by atoms with Crippen LogP contribution in [-0.4, -0.2) is 43.1 Å². The van der Waals surface area contributed by atoms with E-state index < -0.39 is 29.9 Å². The molecule has 0 rings (SSSR count). The molecule has 0 radical (unpaired) electrons. The Kier molecular flexibility index (Phi) is 8.52. The molecule has 7 nitrogen and oxygen atoms in total. The smallest absolute Gasteiger partial charge is 0.328 e. The molecule has 2 atom stereocenters. The van der Waals surface area contributed by atoms with Crippen molar-refractivity contribution in [3.05, 3.63) is 0 Å². The van der Waals surface area contributed by atoms with Gasteiger partial charge in [-0.1, -0.05) is 0 Å². The molecule has 0 saturated carbocycles. The predicted octanol–water partition coefficient (Wildman–Crippen LogP) is -0.275. The molecule has 19 heavy (non-hydrogen) atoms. The molecule has 0 heterocycles. The Bertz CT molecular complexity index is 317. The lowest BCUT2D eigenvalue weighted by atomic mass is 10.1. The number of hydrogen-bond acceptors (Lipinski definition) is 6. The van der Waals surface area contributed by atoms with E-state index >= 15 is 0 Å². The van der Waals surface area contributed by atoms with Crippen LogP contribution in [0.1, 0.15) is 33.6 Å². The highest BCUT2D eigenvalue weighted by molar-refractivity contribution is 5.87. The Balaban J connectivity index is 4.45. The molecule has 0 unspecified atom stereocenters. The molecule has 1 amide bonds. The molecule has 0 bridgehead atoms. The topological polar surface area (TPSA) is 108 Å². The van der Waals surface area contributed by atoms with Crippen molar-refractivity contribution < 1.29 is 23.9 Å². The highest BCUT2D eigenvalue weighted by Gasteiger charge is 2.24. The fourth-order valence-corrected chi connectivity index (χ4v) is 1.29. The number of amides is 1. The van der Waals surface area contributed by atoms with Gasteiger partial charge >= 0.3 is 11.9 Å². The monoisotopic (exact) mass is 274 g/mol. The SMILES string of the molecule is CCOC(=O)CC[C@@H](NC(=O)[C@H](C)N)C(=O)OCC. The number of carbonyl (C=O) groups excluding carboxylic acids is 3. The molecule has 110 valence electrons. The van der Waals surface area contributed by atoms with Gasteiger partial charge in [0.1, 0.15) is 6.04 Å². The van der Waals surface area contributed by atoms with E-state index in [1.54, 1.807) is 13.8 Å². The zero-order valence-corrected chi connectivity index (χ0v) is 11.6. The van der Waals surface area contributed by atoms with Crippen molar-refractivity contribution in [1.29, 1.82) is 0 Å². The third-order valence-electron chi connectivity index (χ3n) is 2.24. The lowest BCUT2D eigenvalue weighted by Gasteiger charge is -2.18. The second-order valence-corrected chi connectivity index (χ2v) is 3.95. The van der Waals surface area contributed by atoms with Gasteiger partial charge in [-0.25, -0.2) is 4.79 Å². The van der Waals surface area contributed by atoms with Crippen LogP contribution in [0.2, 0.25) is 0 Å². The molecule has 0 saturated heterocycles. The number of nitrogens with two attached hydrogens (primary N) is 1. The van der Waals surface area contributed by atoms with Crippen molar-refractivity contribution in [2.24, 2.45) is 5.73 Å². The third-order valence-corrected chi connectivity index (χ3v) is 2.24. The predicted molar refractivity (Wildman–Crippen MR) is 68.1 cm³/mol. The van der Waals surface area contributed by atoms with Crippen LogP contribution in [0.4, 0.5) is 0 Å². The molecular weight excluding hydrogens is 252 g/mol. The first kappa shape index (κ1) is 17.4. The molecular formula is C12H22N2O5. The average Bonchev–Trinajstić information content (AvgIpc) is 2.34. The Morgan fingerprint density at radius 1 is 1.16 bits per heavy atom. The molecule has 7 heteroatoms. The van der Waals surface area contributed by atoms with E-state index in [0.29, 0.717) is 0 Å². The highest BCUT2D eigenvalue weighted by atomic mass is 16.5. The summed E-state index contributed by atoms with van der Waals surface area (Å²) in [5.41, 5.74) is 5.41. The van der Waals surface area contributed by atoms with Gasteiger partial charge in [0.25, 0.3) is 0 Å². The normalized spacial score (nSPS) is 13.3. The average molecular weight is 274 g/mol. The van der Waals surface area contributed by atoms with Crippen molar-refractivity contribution in [1.82, 2.24) is 5.32 Å². The lowest BCUT2D eigenvalue weighted by Crippen LogP contribution is -2.48. The van der Waals surface area contributed by atoms with Gasteiger partial charge in [-0.3, -0.25) is 9.59 Å². The molecule has 0 aromatic heterocycles. The standard InChI is InChI=1S/C12H22N2O5/c1-4-18-10(15)7-6-9(12(17)19-5-2)14-11(16)8(3)13/h8-9H,4-7,13H2,1-3H3,(H,14,16)/t8-,9+/m0/s1. The molecule has 0 aliphatic heterocycles. The minimum Gasteiger partial charge on any atom is -0.466 e. The summed E-state index contributed by atoms with van der Waals surface area (Å²) < 4.78 is 9.59. The quantitative estimate of drug-likeness (QED) is 0.590. The van der Waals surface area contributed by atoms with Gasteiger partial charge < -0.3 is 20.5 Å². The molecule has 0 fully saturated rings. The second kappa shape index (κ2) is 9.32. The maximum atomic E-state index is 11.6. The van der Waals surface area contributed by atoms with Crippen molar-refractivity contribution in [2.45, 2.75) is 45.7 Å². The Morgan fingerprint density at radius 3 is 2.21 bits per heavy atom. The summed E-state index contributed by atoms with van der Waals surface area (Å²) in [5, 5.41) is 2.45. The van der Waals surface area contributed by atoms with Crippen molar-refractivity contribution >= 4 is 17.8 Å². The van der Waals surface area contributed by atoms with Crippen LogP contribution in [0, 0.1) is 0 Å². The maximum absolute atomic E-state index is 11.6. The van der Waals surface area contributed by atoms with Crippen LogP contribution in [-0.2, 0) is 23.9 Å². The third kappa shape index (κ3) is 7.40. The fourth-order valence-electron chi connectivity index (χ4n) is 1.29. The van der Waals surface area contributed by atoms with Gasteiger partial charge in [0.2, 0.25) is 5.91 Å². The number of nitrogens with one attached hydrogen (secondary N) is 1. The first-order valence-electron chi connectivity index (χ1n) is 6.30. The molecule has 0 aliphatic rings. The molecule has 0 aromatic rings. The van der Waals surface area contributed by atoms with Crippen LogP contribution in [0.25, 0.3) is 0 Å².